The molecule has 1 aromatic carbocycles. The molecule has 154 valence electrons. The van der Waals surface area contributed by atoms with Crippen LogP contribution in [0, 0.1) is 5.82 Å². The van der Waals surface area contributed by atoms with Gasteiger partial charge in [-0.25, -0.2) is 4.39 Å². The Hall–Kier alpha value is -1.61. The van der Waals surface area contributed by atoms with Gasteiger partial charge in [-0.2, -0.15) is 0 Å². The second-order valence-electron chi connectivity index (χ2n) is 6.89. The Balaban J connectivity index is 0.00000280. The summed E-state index contributed by atoms with van der Waals surface area (Å²) in [5.74, 6) is 1.54. The first kappa shape index (κ1) is 22.7. The largest absolute Gasteiger partial charge is 0.468 e. The van der Waals surface area contributed by atoms with Gasteiger partial charge in [-0.1, -0.05) is 18.6 Å². The zero-order valence-corrected chi connectivity index (χ0v) is 18.7. The Bertz CT molecular complexity index is 717. The molecule has 1 unspecified atom stereocenters. The second kappa shape index (κ2) is 12.1. The molecule has 2 aromatic rings. The summed E-state index contributed by atoms with van der Waals surface area (Å²) in [6.07, 6.45) is 6.25. The van der Waals surface area contributed by atoms with Crippen molar-refractivity contribution in [3.63, 3.8) is 0 Å². The quantitative estimate of drug-likeness (QED) is 0.343. The van der Waals surface area contributed by atoms with Crippen LogP contribution in [0.3, 0.4) is 0 Å². The summed E-state index contributed by atoms with van der Waals surface area (Å²) in [4.78, 5) is 6.79. The number of benzene rings is 1. The first-order valence-corrected chi connectivity index (χ1v) is 9.72. The van der Waals surface area contributed by atoms with Gasteiger partial charge in [0, 0.05) is 20.1 Å². The summed E-state index contributed by atoms with van der Waals surface area (Å²) >= 11 is 0. The van der Waals surface area contributed by atoms with Crippen molar-refractivity contribution in [3.8, 4) is 0 Å². The third-order valence-corrected chi connectivity index (χ3v) is 4.98. The van der Waals surface area contributed by atoms with Crippen LogP contribution >= 0.6 is 24.0 Å². The van der Waals surface area contributed by atoms with Crippen molar-refractivity contribution in [2.24, 2.45) is 4.99 Å². The summed E-state index contributed by atoms with van der Waals surface area (Å²) in [6.45, 7) is 3.61. The van der Waals surface area contributed by atoms with E-state index in [4.69, 9.17) is 4.42 Å². The second-order valence-corrected chi connectivity index (χ2v) is 6.89. The van der Waals surface area contributed by atoms with E-state index in [9.17, 15) is 4.39 Å². The number of piperidine rings is 1. The molecule has 0 spiro atoms. The van der Waals surface area contributed by atoms with Crippen LogP contribution in [0.4, 0.5) is 4.39 Å². The van der Waals surface area contributed by atoms with Gasteiger partial charge >= 0.3 is 0 Å². The predicted octanol–water partition coefficient (Wildman–Crippen LogP) is 3.97. The van der Waals surface area contributed by atoms with Gasteiger partial charge in [0.05, 0.1) is 12.3 Å². The van der Waals surface area contributed by atoms with E-state index in [1.807, 2.05) is 18.2 Å². The molecule has 28 heavy (non-hydrogen) atoms. The SMILES string of the molecule is CN=C(NCCc1cccc(F)c1)NCC(c1ccco1)N1CCCCC1.I. The van der Waals surface area contributed by atoms with Gasteiger partial charge in [0.15, 0.2) is 5.96 Å². The highest BCUT2D eigenvalue weighted by atomic mass is 127. The van der Waals surface area contributed by atoms with E-state index >= 15 is 0 Å². The van der Waals surface area contributed by atoms with Gasteiger partial charge in [0.2, 0.25) is 0 Å². The van der Waals surface area contributed by atoms with Crippen LogP contribution in [0.15, 0.2) is 52.1 Å². The monoisotopic (exact) mass is 500 g/mol. The highest BCUT2D eigenvalue weighted by Gasteiger charge is 2.24. The smallest absolute Gasteiger partial charge is 0.191 e. The average molecular weight is 500 g/mol. The van der Waals surface area contributed by atoms with Crippen LogP contribution < -0.4 is 10.6 Å². The van der Waals surface area contributed by atoms with Crippen molar-refractivity contribution in [2.45, 2.75) is 31.7 Å². The number of nitrogens with zero attached hydrogens (tertiary/aromatic N) is 2. The standard InChI is InChI=1S/C21H29FN4O.HI/c1-23-21(24-11-10-17-7-5-8-18(22)15-17)25-16-19(20-9-6-14-27-20)26-12-3-2-4-13-26;/h5-9,14-15,19H,2-4,10-13,16H2,1H3,(H2,23,24,25);1H. The molecule has 1 saturated heterocycles. The van der Waals surface area contributed by atoms with E-state index in [0.717, 1.165) is 43.3 Å². The molecule has 1 atom stereocenters. The van der Waals surface area contributed by atoms with Crippen LogP contribution in [0.1, 0.15) is 36.6 Å². The number of hydrogen-bond acceptors (Lipinski definition) is 3. The van der Waals surface area contributed by atoms with E-state index in [0.29, 0.717) is 6.54 Å². The van der Waals surface area contributed by atoms with Crippen molar-refractivity contribution in [1.82, 2.24) is 15.5 Å². The molecule has 0 radical (unpaired) electrons. The lowest BCUT2D eigenvalue weighted by Crippen LogP contribution is -2.44. The minimum Gasteiger partial charge on any atom is -0.468 e. The minimum atomic E-state index is -0.196. The van der Waals surface area contributed by atoms with E-state index in [2.05, 4.69) is 20.5 Å². The molecule has 5 nitrogen and oxygen atoms in total. The predicted molar refractivity (Wildman–Crippen MR) is 122 cm³/mol. The molecule has 1 aromatic heterocycles. The number of hydrogen-bond donors (Lipinski definition) is 2. The Morgan fingerprint density at radius 3 is 2.68 bits per heavy atom. The maximum Gasteiger partial charge on any atom is 0.191 e. The molecule has 0 aliphatic carbocycles. The molecule has 0 bridgehead atoms. The van der Waals surface area contributed by atoms with E-state index < -0.39 is 0 Å². The van der Waals surface area contributed by atoms with Crippen LogP contribution in [-0.4, -0.2) is 44.1 Å². The lowest BCUT2D eigenvalue weighted by Gasteiger charge is -2.33. The fourth-order valence-electron chi connectivity index (χ4n) is 3.55. The van der Waals surface area contributed by atoms with E-state index in [1.165, 1.54) is 25.3 Å². The average Bonchev–Trinajstić information content (AvgIpc) is 3.22. The summed E-state index contributed by atoms with van der Waals surface area (Å²) in [7, 11) is 1.76. The molecular formula is C21H30FIN4O. The number of likely N-dealkylation sites (tertiary alicyclic amines) is 1. The van der Waals surface area contributed by atoms with Crippen molar-refractivity contribution in [1.29, 1.82) is 0 Å². The first-order valence-electron chi connectivity index (χ1n) is 9.72. The highest BCUT2D eigenvalue weighted by Crippen LogP contribution is 2.24. The molecular weight excluding hydrogens is 470 g/mol. The maximum atomic E-state index is 13.3. The number of aliphatic imine (C=N–C) groups is 1. The molecule has 0 amide bonds. The van der Waals surface area contributed by atoms with Gasteiger partial charge in [-0.05, 0) is 62.2 Å². The van der Waals surface area contributed by atoms with Gasteiger partial charge in [0.1, 0.15) is 11.6 Å². The summed E-state index contributed by atoms with van der Waals surface area (Å²) in [6, 6.07) is 10.9. The normalized spacial score (nSPS) is 16.3. The third kappa shape index (κ3) is 6.77. The van der Waals surface area contributed by atoms with Gasteiger partial charge in [0.25, 0.3) is 0 Å². The fourth-order valence-corrected chi connectivity index (χ4v) is 3.55. The van der Waals surface area contributed by atoms with Gasteiger partial charge in [-0.3, -0.25) is 9.89 Å². The van der Waals surface area contributed by atoms with Crippen LogP contribution in [0.25, 0.3) is 0 Å². The van der Waals surface area contributed by atoms with Crippen molar-refractivity contribution in [3.05, 3.63) is 59.8 Å². The number of rotatable bonds is 7. The van der Waals surface area contributed by atoms with Gasteiger partial charge < -0.3 is 15.1 Å². The topological polar surface area (TPSA) is 52.8 Å². The highest BCUT2D eigenvalue weighted by molar-refractivity contribution is 14.0. The molecule has 0 saturated carbocycles. The van der Waals surface area contributed by atoms with Crippen LogP contribution in [0.2, 0.25) is 0 Å². The molecule has 2 N–H and O–H groups in total. The number of furan rings is 1. The summed E-state index contributed by atoms with van der Waals surface area (Å²) in [5.41, 5.74) is 0.972. The first-order chi connectivity index (χ1) is 13.3. The number of nitrogens with one attached hydrogen (secondary N) is 2. The Kier molecular flexibility index (Phi) is 9.77. The fraction of sp³-hybridized carbons (Fsp3) is 0.476. The molecule has 2 heterocycles. The van der Waals surface area contributed by atoms with Crippen molar-refractivity contribution >= 4 is 29.9 Å². The Morgan fingerprint density at radius 1 is 1.18 bits per heavy atom. The molecule has 1 fully saturated rings. The van der Waals surface area contributed by atoms with Crippen LogP contribution in [-0.2, 0) is 6.42 Å². The Morgan fingerprint density at radius 2 is 2.00 bits per heavy atom. The van der Waals surface area contributed by atoms with Crippen LogP contribution in [0.5, 0.6) is 0 Å². The number of halogens is 2. The molecule has 3 rings (SSSR count). The zero-order valence-electron chi connectivity index (χ0n) is 16.4. The van der Waals surface area contributed by atoms with Crippen molar-refractivity contribution in [2.75, 3.05) is 33.2 Å². The zero-order chi connectivity index (χ0) is 18.9. The third-order valence-electron chi connectivity index (χ3n) is 4.98. The molecule has 7 heteroatoms. The summed E-state index contributed by atoms with van der Waals surface area (Å²) in [5, 5.41) is 6.72. The lowest BCUT2D eigenvalue weighted by atomic mass is 10.1. The number of guanidine groups is 1. The molecule has 1 aliphatic rings. The van der Waals surface area contributed by atoms with E-state index in [1.54, 1.807) is 25.4 Å². The van der Waals surface area contributed by atoms with E-state index in [-0.39, 0.29) is 35.8 Å². The molecule has 1 aliphatic heterocycles. The maximum absolute atomic E-state index is 13.3. The summed E-state index contributed by atoms with van der Waals surface area (Å²) < 4.78 is 19.0. The van der Waals surface area contributed by atoms with Crippen molar-refractivity contribution < 1.29 is 8.81 Å². The van der Waals surface area contributed by atoms with Gasteiger partial charge in [-0.15, -0.1) is 24.0 Å². The Labute approximate surface area is 183 Å². The lowest BCUT2D eigenvalue weighted by molar-refractivity contribution is 0.146. The minimum absolute atomic E-state index is 0.